The van der Waals surface area contributed by atoms with Gasteiger partial charge in [-0.15, -0.1) is 0 Å². The van der Waals surface area contributed by atoms with Crippen molar-refractivity contribution in [3.05, 3.63) is 0 Å². The number of hydrogen-bond acceptors (Lipinski definition) is 3. The average Bonchev–Trinajstić information content (AvgIpc) is 1.99. The van der Waals surface area contributed by atoms with Crippen molar-refractivity contribution in [1.29, 1.82) is 0 Å². The van der Waals surface area contributed by atoms with Crippen LogP contribution in [0.4, 0.5) is 0 Å². The highest BCUT2D eigenvalue weighted by molar-refractivity contribution is 7.99. The molecule has 13 heavy (non-hydrogen) atoms. The molecule has 0 fully saturated rings. The van der Waals surface area contributed by atoms with Crippen LogP contribution in [0.15, 0.2) is 0 Å². The highest BCUT2D eigenvalue weighted by Gasteiger charge is 2.22. The first-order valence-corrected chi connectivity index (χ1v) is 6.09. The Morgan fingerprint density at radius 2 is 1.92 bits per heavy atom. The molecule has 0 radical (unpaired) electrons. The molecule has 0 spiro atoms. The molecule has 0 rings (SSSR count). The van der Waals surface area contributed by atoms with Crippen LogP contribution in [0.1, 0.15) is 34.6 Å². The molecule has 0 aliphatic rings. The first-order chi connectivity index (χ1) is 5.88. The minimum atomic E-state index is -0.634. The summed E-state index contributed by atoms with van der Waals surface area (Å²) in [6.07, 6.45) is 0. The normalized spacial score (nSPS) is 17.1. The molecule has 3 heteroatoms. The van der Waals surface area contributed by atoms with E-state index in [9.17, 15) is 5.11 Å². The third-order valence-corrected chi connectivity index (χ3v) is 3.31. The zero-order chi connectivity index (χ0) is 10.5. The summed E-state index contributed by atoms with van der Waals surface area (Å²) in [6, 6.07) is 0.603. The smallest absolute Gasteiger partial charge is 0.0741 e. The van der Waals surface area contributed by atoms with E-state index in [4.69, 9.17) is 0 Å². The largest absolute Gasteiger partial charge is 0.389 e. The Kier molecular flexibility index (Phi) is 6.01. The van der Waals surface area contributed by atoms with Crippen molar-refractivity contribution in [3.8, 4) is 0 Å². The standard InChI is InChI=1S/C10H23NOS/c1-6-13-7-8(2)11-9(3)10(4,5)12/h8-9,11-12H,6-7H2,1-5H3. The number of hydrogen-bond donors (Lipinski definition) is 2. The van der Waals surface area contributed by atoms with Gasteiger partial charge < -0.3 is 10.4 Å². The molecule has 0 saturated heterocycles. The zero-order valence-corrected chi connectivity index (χ0v) is 10.2. The molecule has 80 valence electrons. The average molecular weight is 205 g/mol. The molecule has 0 aliphatic heterocycles. The summed E-state index contributed by atoms with van der Waals surface area (Å²) in [5.41, 5.74) is -0.634. The molecule has 0 bridgehead atoms. The first kappa shape index (κ1) is 13.3. The molecule has 0 amide bonds. The minimum Gasteiger partial charge on any atom is -0.389 e. The molecule has 2 nitrogen and oxygen atoms in total. The highest BCUT2D eigenvalue weighted by atomic mass is 32.2. The van der Waals surface area contributed by atoms with Crippen LogP contribution >= 0.6 is 11.8 Å². The summed E-state index contributed by atoms with van der Waals surface area (Å²) in [5.74, 6) is 2.26. The molecule has 0 aromatic rings. The second-order valence-electron chi connectivity index (χ2n) is 4.10. The fourth-order valence-electron chi connectivity index (χ4n) is 0.973. The van der Waals surface area contributed by atoms with Crippen molar-refractivity contribution in [2.75, 3.05) is 11.5 Å². The van der Waals surface area contributed by atoms with Gasteiger partial charge in [0.25, 0.3) is 0 Å². The van der Waals surface area contributed by atoms with Crippen molar-refractivity contribution in [1.82, 2.24) is 5.32 Å². The van der Waals surface area contributed by atoms with Gasteiger partial charge in [-0.3, -0.25) is 0 Å². The third kappa shape index (κ3) is 6.36. The lowest BCUT2D eigenvalue weighted by Crippen LogP contribution is -2.48. The summed E-state index contributed by atoms with van der Waals surface area (Å²) in [4.78, 5) is 0. The maximum atomic E-state index is 9.69. The predicted octanol–water partition coefficient (Wildman–Crippen LogP) is 1.88. The lowest BCUT2D eigenvalue weighted by molar-refractivity contribution is 0.0416. The Bertz CT molecular complexity index is 133. The van der Waals surface area contributed by atoms with E-state index in [1.54, 1.807) is 0 Å². The van der Waals surface area contributed by atoms with E-state index in [1.165, 1.54) is 0 Å². The van der Waals surface area contributed by atoms with Gasteiger partial charge in [0.2, 0.25) is 0 Å². The Labute approximate surface area is 86.5 Å². The van der Waals surface area contributed by atoms with Gasteiger partial charge in [0.15, 0.2) is 0 Å². The van der Waals surface area contributed by atoms with Crippen LogP contribution in [0.5, 0.6) is 0 Å². The Hall–Kier alpha value is 0.270. The van der Waals surface area contributed by atoms with Gasteiger partial charge in [0.1, 0.15) is 0 Å². The Morgan fingerprint density at radius 3 is 2.31 bits per heavy atom. The lowest BCUT2D eigenvalue weighted by Gasteiger charge is -2.29. The van der Waals surface area contributed by atoms with Crippen LogP contribution in [0.2, 0.25) is 0 Å². The third-order valence-electron chi connectivity index (χ3n) is 2.17. The molecule has 2 unspecified atom stereocenters. The summed E-state index contributed by atoms with van der Waals surface area (Å²) in [5, 5.41) is 13.1. The van der Waals surface area contributed by atoms with Crippen LogP contribution in [0.3, 0.4) is 0 Å². The van der Waals surface area contributed by atoms with Crippen molar-refractivity contribution in [2.45, 2.75) is 52.3 Å². The Balaban J connectivity index is 3.71. The molecular weight excluding hydrogens is 182 g/mol. The number of aliphatic hydroxyl groups is 1. The lowest BCUT2D eigenvalue weighted by atomic mass is 10.0. The maximum absolute atomic E-state index is 9.69. The topological polar surface area (TPSA) is 32.3 Å². The highest BCUT2D eigenvalue weighted by Crippen LogP contribution is 2.10. The second kappa shape index (κ2) is 5.89. The number of thioether (sulfide) groups is 1. The molecule has 0 heterocycles. The predicted molar refractivity (Wildman–Crippen MR) is 61.4 cm³/mol. The van der Waals surface area contributed by atoms with Crippen molar-refractivity contribution >= 4 is 11.8 Å². The fraction of sp³-hybridized carbons (Fsp3) is 1.00. The van der Waals surface area contributed by atoms with Crippen LogP contribution in [-0.4, -0.2) is 34.3 Å². The summed E-state index contributed by atoms with van der Waals surface area (Å²) < 4.78 is 0. The van der Waals surface area contributed by atoms with Crippen molar-refractivity contribution in [3.63, 3.8) is 0 Å². The molecule has 0 aromatic carbocycles. The number of nitrogens with one attached hydrogen (secondary N) is 1. The van der Waals surface area contributed by atoms with Crippen LogP contribution in [0.25, 0.3) is 0 Å². The van der Waals surface area contributed by atoms with E-state index in [0.717, 1.165) is 11.5 Å². The summed E-state index contributed by atoms with van der Waals surface area (Å²) >= 11 is 1.92. The van der Waals surface area contributed by atoms with Crippen molar-refractivity contribution in [2.24, 2.45) is 0 Å². The molecular formula is C10H23NOS. The van der Waals surface area contributed by atoms with E-state index in [2.05, 4.69) is 19.2 Å². The van der Waals surface area contributed by atoms with Crippen LogP contribution < -0.4 is 5.32 Å². The molecule has 0 saturated carbocycles. The van der Waals surface area contributed by atoms with Gasteiger partial charge in [0.05, 0.1) is 5.60 Å². The van der Waals surface area contributed by atoms with Gasteiger partial charge >= 0.3 is 0 Å². The van der Waals surface area contributed by atoms with Crippen LogP contribution in [-0.2, 0) is 0 Å². The Morgan fingerprint density at radius 1 is 1.38 bits per heavy atom. The monoisotopic (exact) mass is 205 g/mol. The molecule has 0 aromatic heterocycles. The zero-order valence-electron chi connectivity index (χ0n) is 9.42. The molecule has 2 atom stereocenters. The molecule has 0 aliphatic carbocycles. The first-order valence-electron chi connectivity index (χ1n) is 4.94. The fourth-order valence-corrected chi connectivity index (χ4v) is 1.66. The SMILES string of the molecule is CCSCC(C)NC(C)C(C)(C)O. The van der Waals surface area contributed by atoms with E-state index in [1.807, 2.05) is 32.5 Å². The second-order valence-corrected chi connectivity index (χ2v) is 5.42. The van der Waals surface area contributed by atoms with E-state index in [0.29, 0.717) is 6.04 Å². The minimum absolute atomic E-state index is 0.139. The van der Waals surface area contributed by atoms with Gasteiger partial charge in [-0.2, -0.15) is 11.8 Å². The van der Waals surface area contributed by atoms with Gasteiger partial charge in [0, 0.05) is 17.8 Å². The summed E-state index contributed by atoms with van der Waals surface area (Å²) in [7, 11) is 0. The van der Waals surface area contributed by atoms with Gasteiger partial charge in [-0.1, -0.05) is 6.92 Å². The quantitative estimate of drug-likeness (QED) is 0.694. The van der Waals surface area contributed by atoms with E-state index >= 15 is 0 Å². The molecule has 2 N–H and O–H groups in total. The van der Waals surface area contributed by atoms with E-state index < -0.39 is 5.60 Å². The van der Waals surface area contributed by atoms with Gasteiger partial charge in [-0.25, -0.2) is 0 Å². The van der Waals surface area contributed by atoms with E-state index in [-0.39, 0.29) is 6.04 Å². The number of rotatable bonds is 6. The van der Waals surface area contributed by atoms with Crippen molar-refractivity contribution < 1.29 is 5.11 Å². The maximum Gasteiger partial charge on any atom is 0.0741 e. The van der Waals surface area contributed by atoms with Crippen LogP contribution in [0, 0.1) is 0 Å². The summed E-state index contributed by atoms with van der Waals surface area (Å²) in [6.45, 7) is 10.0. The van der Waals surface area contributed by atoms with Gasteiger partial charge in [-0.05, 0) is 33.4 Å².